The van der Waals surface area contributed by atoms with E-state index in [-0.39, 0.29) is 36.3 Å². The lowest BCUT2D eigenvalue weighted by Gasteiger charge is -2.15. The molecule has 0 aliphatic rings. The van der Waals surface area contributed by atoms with E-state index in [2.05, 4.69) is 32.5 Å². The first kappa shape index (κ1) is 24.3. The molecule has 2 rings (SSSR count). The van der Waals surface area contributed by atoms with Gasteiger partial charge in [0, 0.05) is 30.6 Å². The first-order valence-corrected chi connectivity index (χ1v) is 9.47. The molecular weight excluding hydrogens is 499 g/mol. The number of halogens is 3. The Morgan fingerprint density at radius 2 is 1.79 bits per heavy atom. The Kier molecular flexibility index (Phi) is 11.0. The van der Waals surface area contributed by atoms with Crippen LogP contribution in [0.25, 0.3) is 0 Å². The highest BCUT2D eigenvalue weighted by Gasteiger charge is 2.11. The molecule has 0 aromatic heterocycles. The number of alkyl halides is 2. The molecule has 154 valence electrons. The summed E-state index contributed by atoms with van der Waals surface area (Å²) in [6.07, 6.45) is 2.03. The normalized spacial score (nSPS) is 11.0. The summed E-state index contributed by atoms with van der Waals surface area (Å²) in [4.78, 5) is 5.36. The highest BCUT2D eigenvalue weighted by atomic mass is 127. The van der Waals surface area contributed by atoms with Crippen LogP contribution in [0.5, 0.6) is 11.5 Å². The molecule has 2 aromatic carbocycles. The van der Waals surface area contributed by atoms with Gasteiger partial charge in [-0.15, -0.1) is 35.7 Å². The number of aliphatic imine (C=N–C) groups is 1. The average molecular weight is 523 g/mol. The fraction of sp³-hybridized carbons (Fsp3) is 0.316. The SMILES string of the molecule is CN=C(NCc1ccc(SC)cc1)NCc1cc(OC)ccc1OC(F)F.I. The molecule has 0 aliphatic heterocycles. The Bertz CT molecular complexity index is 761. The molecule has 2 aromatic rings. The van der Waals surface area contributed by atoms with Crippen LogP contribution in [0.3, 0.4) is 0 Å². The molecule has 0 fully saturated rings. The number of guanidine groups is 1. The standard InChI is InChI=1S/C19H23F2N3O2S.HI/c1-22-19(23-11-13-4-7-16(27-3)8-5-13)24-12-14-10-15(25-2)6-9-17(14)26-18(20)21;/h4-10,18H,11-12H2,1-3H3,(H2,22,23,24);1H. The Labute approximate surface area is 185 Å². The second kappa shape index (κ2) is 12.7. The highest BCUT2D eigenvalue weighted by molar-refractivity contribution is 14.0. The first-order valence-electron chi connectivity index (χ1n) is 8.25. The van der Waals surface area contributed by atoms with Crippen molar-refractivity contribution in [2.75, 3.05) is 20.4 Å². The van der Waals surface area contributed by atoms with Crippen molar-refractivity contribution in [1.82, 2.24) is 10.6 Å². The topological polar surface area (TPSA) is 54.9 Å². The number of rotatable bonds is 8. The molecule has 0 aliphatic carbocycles. The van der Waals surface area contributed by atoms with Crippen LogP contribution in [-0.2, 0) is 13.1 Å². The van der Waals surface area contributed by atoms with Crippen molar-refractivity contribution in [3.8, 4) is 11.5 Å². The van der Waals surface area contributed by atoms with E-state index in [1.54, 1.807) is 30.9 Å². The van der Waals surface area contributed by atoms with Gasteiger partial charge in [0.25, 0.3) is 0 Å². The van der Waals surface area contributed by atoms with Crippen LogP contribution >= 0.6 is 35.7 Å². The van der Waals surface area contributed by atoms with E-state index in [0.717, 1.165) is 5.56 Å². The van der Waals surface area contributed by atoms with Gasteiger partial charge in [-0.2, -0.15) is 8.78 Å². The molecule has 0 unspecified atom stereocenters. The predicted molar refractivity (Wildman–Crippen MR) is 120 cm³/mol. The summed E-state index contributed by atoms with van der Waals surface area (Å²) in [5, 5.41) is 6.29. The third kappa shape index (κ3) is 7.70. The van der Waals surface area contributed by atoms with E-state index in [9.17, 15) is 8.78 Å². The zero-order chi connectivity index (χ0) is 19.6. The Morgan fingerprint density at radius 3 is 2.36 bits per heavy atom. The van der Waals surface area contributed by atoms with Gasteiger partial charge >= 0.3 is 6.61 Å². The lowest BCUT2D eigenvalue weighted by Crippen LogP contribution is -2.36. The van der Waals surface area contributed by atoms with E-state index in [1.165, 1.54) is 18.1 Å². The van der Waals surface area contributed by atoms with Crippen LogP contribution in [0.1, 0.15) is 11.1 Å². The summed E-state index contributed by atoms with van der Waals surface area (Å²) in [7, 11) is 3.16. The molecule has 2 N–H and O–H groups in total. The van der Waals surface area contributed by atoms with Gasteiger partial charge in [0.2, 0.25) is 0 Å². The van der Waals surface area contributed by atoms with Crippen LogP contribution in [0.4, 0.5) is 8.78 Å². The Hall–Kier alpha value is -1.75. The molecule has 0 bridgehead atoms. The van der Waals surface area contributed by atoms with Gasteiger partial charge in [0.1, 0.15) is 11.5 Å². The summed E-state index contributed by atoms with van der Waals surface area (Å²) < 4.78 is 34.9. The average Bonchev–Trinajstić information content (AvgIpc) is 2.69. The van der Waals surface area contributed by atoms with Crippen molar-refractivity contribution < 1.29 is 18.3 Å². The van der Waals surface area contributed by atoms with E-state index in [1.807, 2.05) is 18.4 Å². The lowest BCUT2D eigenvalue weighted by molar-refractivity contribution is -0.0504. The second-order valence-electron chi connectivity index (χ2n) is 5.48. The molecule has 0 atom stereocenters. The zero-order valence-electron chi connectivity index (χ0n) is 15.9. The number of ether oxygens (including phenoxy) is 2. The summed E-state index contributed by atoms with van der Waals surface area (Å²) in [5.74, 6) is 1.21. The molecule has 5 nitrogen and oxygen atoms in total. The zero-order valence-corrected chi connectivity index (χ0v) is 19.0. The minimum Gasteiger partial charge on any atom is -0.497 e. The van der Waals surface area contributed by atoms with Gasteiger partial charge < -0.3 is 20.1 Å². The Morgan fingerprint density at radius 1 is 1.11 bits per heavy atom. The van der Waals surface area contributed by atoms with Gasteiger partial charge in [-0.25, -0.2) is 0 Å². The van der Waals surface area contributed by atoms with Crippen LogP contribution < -0.4 is 20.1 Å². The number of nitrogens with one attached hydrogen (secondary N) is 2. The Balaban J connectivity index is 0.00000392. The molecule has 0 saturated carbocycles. The second-order valence-corrected chi connectivity index (χ2v) is 6.36. The minimum absolute atomic E-state index is 0. The van der Waals surface area contributed by atoms with Gasteiger partial charge in [0.15, 0.2) is 5.96 Å². The molecule has 0 amide bonds. The number of benzene rings is 2. The number of nitrogens with zero attached hydrogens (tertiary/aromatic N) is 1. The predicted octanol–water partition coefficient (Wildman–Crippen LogP) is 4.50. The van der Waals surface area contributed by atoms with Crippen LogP contribution in [0, 0.1) is 0 Å². The van der Waals surface area contributed by atoms with Crippen molar-refractivity contribution in [2.24, 2.45) is 4.99 Å². The summed E-state index contributed by atoms with van der Waals surface area (Å²) in [6, 6.07) is 12.9. The minimum atomic E-state index is -2.89. The first-order chi connectivity index (χ1) is 13.0. The van der Waals surface area contributed by atoms with Crippen molar-refractivity contribution in [2.45, 2.75) is 24.6 Å². The van der Waals surface area contributed by atoms with Gasteiger partial charge in [-0.05, 0) is 42.2 Å². The number of thioether (sulfide) groups is 1. The highest BCUT2D eigenvalue weighted by Crippen LogP contribution is 2.25. The van der Waals surface area contributed by atoms with Crippen molar-refractivity contribution >= 4 is 41.7 Å². The third-order valence-corrected chi connectivity index (χ3v) is 4.52. The van der Waals surface area contributed by atoms with Crippen LogP contribution in [-0.4, -0.2) is 33.0 Å². The monoisotopic (exact) mass is 523 g/mol. The molecule has 28 heavy (non-hydrogen) atoms. The van der Waals surface area contributed by atoms with E-state index < -0.39 is 6.61 Å². The fourth-order valence-electron chi connectivity index (χ4n) is 2.36. The third-order valence-electron chi connectivity index (χ3n) is 3.77. The van der Waals surface area contributed by atoms with Crippen LogP contribution in [0.2, 0.25) is 0 Å². The molecule has 0 spiro atoms. The maximum absolute atomic E-state index is 12.6. The van der Waals surface area contributed by atoms with Gasteiger partial charge in [-0.3, -0.25) is 4.99 Å². The van der Waals surface area contributed by atoms with Gasteiger partial charge in [-0.1, -0.05) is 12.1 Å². The quantitative estimate of drug-likeness (QED) is 0.231. The van der Waals surface area contributed by atoms with Crippen molar-refractivity contribution in [1.29, 1.82) is 0 Å². The fourth-order valence-corrected chi connectivity index (χ4v) is 2.77. The smallest absolute Gasteiger partial charge is 0.387 e. The molecule has 9 heteroatoms. The summed E-state index contributed by atoms with van der Waals surface area (Å²) >= 11 is 1.69. The molecule has 0 saturated heterocycles. The summed E-state index contributed by atoms with van der Waals surface area (Å²) in [6.45, 7) is -2.05. The van der Waals surface area contributed by atoms with Crippen LogP contribution in [0.15, 0.2) is 52.4 Å². The van der Waals surface area contributed by atoms with Crippen molar-refractivity contribution in [3.05, 3.63) is 53.6 Å². The largest absolute Gasteiger partial charge is 0.497 e. The summed E-state index contributed by atoms with van der Waals surface area (Å²) in [5.41, 5.74) is 1.65. The number of hydrogen-bond acceptors (Lipinski definition) is 4. The molecule has 0 heterocycles. The molecule has 0 radical (unpaired) electrons. The van der Waals surface area contributed by atoms with E-state index in [4.69, 9.17) is 4.74 Å². The lowest BCUT2D eigenvalue weighted by atomic mass is 10.2. The number of hydrogen-bond donors (Lipinski definition) is 2. The number of methoxy groups -OCH3 is 1. The van der Waals surface area contributed by atoms with Crippen molar-refractivity contribution in [3.63, 3.8) is 0 Å². The maximum Gasteiger partial charge on any atom is 0.387 e. The van der Waals surface area contributed by atoms with E-state index >= 15 is 0 Å². The van der Waals surface area contributed by atoms with Gasteiger partial charge in [0.05, 0.1) is 7.11 Å². The van der Waals surface area contributed by atoms with E-state index in [0.29, 0.717) is 23.8 Å². The molecular formula is C19H24F2IN3O2S. The maximum atomic E-state index is 12.6.